The summed E-state index contributed by atoms with van der Waals surface area (Å²) >= 11 is 0. The first kappa shape index (κ1) is 21.2. The van der Waals surface area contributed by atoms with E-state index in [1.54, 1.807) is 6.92 Å². The van der Waals surface area contributed by atoms with Crippen molar-refractivity contribution in [3.05, 3.63) is 11.6 Å². The van der Waals surface area contributed by atoms with Crippen molar-refractivity contribution in [1.29, 1.82) is 0 Å². The minimum atomic E-state index is -0.737. The van der Waals surface area contributed by atoms with Crippen molar-refractivity contribution in [2.45, 2.75) is 116 Å². The number of hydrogen-bond acceptors (Lipinski definition) is 3. The smallest absolute Gasteiger partial charge is 0.336 e. The van der Waals surface area contributed by atoms with Gasteiger partial charge in [0.05, 0.1) is 5.57 Å². The molecule has 0 aliphatic carbocycles. The summed E-state index contributed by atoms with van der Waals surface area (Å²) in [4.78, 5) is 11.5. The Labute approximate surface area is 148 Å². The second kappa shape index (κ2) is 13.5. The molecule has 1 N–H and O–H groups in total. The quantitative estimate of drug-likeness (QED) is 0.251. The maximum atomic E-state index is 11.5. The van der Waals surface area contributed by atoms with Crippen molar-refractivity contribution >= 4 is 5.97 Å². The van der Waals surface area contributed by atoms with Crippen LogP contribution in [0.25, 0.3) is 0 Å². The number of allylic oxidation sites excluding steroid dienone is 1. The van der Waals surface area contributed by atoms with Gasteiger partial charge in [0.2, 0.25) is 0 Å². The van der Waals surface area contributed by atoms with Crippen LogP contribution >= 0.6 is 0 Å². The summed E-state index contributed by atoms with van der Waals surface area (Å²) in [6.45, 7) is 4.00. The van der Waals surface area contributed by atoms with Crippen molar-refractivity contribution in [2.24, 2.45) is 0 Å². The largest absolute Gasteiger partial charge is 0.456 e. The van der Waals surface area contributed by atoms with Crippen LogP contribution in [0.4, 0.5) is 0 Å². The molecule has 3 nitrogen and oxygen atoms in total. The number of aliphatic hydroxyl groups excluding tert-OH is 1. The zero-order valence-electron chi connectivity index (χ0n) is 15.9. The zero-order chi connectivity index (χ0) is 17.6. The van der Waals surface area contributed by atoms with Gasteiger partial charge in [0.1, 0.15) is 12.2 Å². The highest BCUT2D eigenvalue weighted by Crippen LogP contribution is 2.22. The Morgan fingerprint density at radius 3 is 1.75 bits per heavy atom. The van der Waals surface area contributed by atoms with E-state index >= 15 is 0 Å². The van der Waals surface area contributed by atoms with Gasteiger partial charge in [-0.1, -0.05) is 90.0 Å². The molecule has 24 heavy (non-hydrogen) atoms. The third kappa shape index (κ3) is 8.86. The highest BCUT2D eigenvalue weighted by Gasteiger charge is 2.34. The molecule has 1 aliphatic rings. The summed E-state index contributed by atoms with van der Waals surface area (Å²) in [6, 6.07) is 0. The SMILES string of the molecule is CCCCCCCCCCCCCCC/C=C1/C(=O)O[C@@H](C)[C@H]1O. The van der Waals surface area contributed by atoms with E-state index in [9.17, 15) is 9.90 Å². The van der Waals surface area contributed by atoms with Crippen LogP contribution in [-0.2, 0) is 9.53 Å². The molecule has 0 saturated carbocycles. The zero-order valence-corrected chi connectivity index (χ0v) is 15.9. The first-order valence-electron chi connectivity index (χ1n) is 10.3. The lowest BCUT2D eigenvalue weighted by molar-refractivity contribution is -0.138. The van der Waals surface area contributed by atoms with Gasteiger partial charge < -0.3 is 9.84 Å². The fourth-order valence-corrected chi connectivity index (χ4v) is 3.30. The molecule has 1 aliphatic heterocycles. The average molecular weight is 339 g/mol. The van der Waals surface area contributed by atoms with E-state index in [-0.39, 0.29) is 5.97 Å². The molecule has 1 rings (SSSR count). The molecule has 0 aromatic heterocycles. The third-order valence-corrected chi connectivity index (χ3v) is 4.96. The van der Waals surface area contributed by atoms with Crippen molar-refractivity contribution < 1.29 is 14.6 Å². The predicted molar refractivity (Wildman–Crippen MR) is 100.0 cm³/mol. The number of unbranched alkanes of at least 4 members (excludes halogenated alkanes) is 13. The highest BCUT2D eigenvalue weighted by atomic mass is 16.6. The Balaban J connectivity index is 1.87. The Morgan fingerprint density at radius 1 is 0.875 bits per heavy atom. The maximum Gasteiger partial charge on any atom is 0.336 e. The monoisotopic (exact) mass is 338 g/mol. The van der Waals surface area contributed by atoms with Crippen molar-refractivity contribution in [1.82, 2.24) is 0 Å². The van der Waals surface area contributed by atoms with Crippen LogP contribution in [0.1, 0.15) is 104 Å². The lowest BCUT2D eigenvalue weighted by Crippen LogP contribution is -2.17. The van der Waals surface area contributed by atoms with Gasteiger partial charge in [-0.2, -0.15) is 0 Å². The Bertz CT molecular complexity index is 362. The summed E-state index contributed by atoms with van der Waals surface area (Å²) < 4.78 is 5.00. The Kier molecular flexibility index (Phi) is 11.9. The molecular weight excluding hydrogens is 300 g/mol. The van der Waals surface area contributed by atoms with Crippen LogP contribution in [0, 0.1) is 0 Å². The lowest BCUT2D eigenvalue weighted by Gasteiger charge is -2.05. The topological polar surface area (TPSA) is 46.5 Å². The fourth-order valence-electron chi connectivity index (χ4n) is 3.30. The van der Waals surface area contributed by atoms with E-state index in [1.807, 2.05) is 6.08 Å². The molecule has 0 amide bonds. The number of aliphatic hydroxyl groups is 1. The lowest BCUT2D eigenvalue weighted by atomic mass is 10.0. The van der Waals surface area contributed by atoms with E-state index in [4.69, 9.17) is 4.74 Å². The average Bonchev–Trinajstić information content (AvgIpc) is 2.81. The molecule has 0 spiro atoms. The predicted octanol–water partition coefficient (Wildman–Crippen LogP) is 5.70. The fraction of sp³-hybridized carbons (Fsp3) is 0.857. The minimum absolute atomic E-state index is 0.343. The van der Waals surface area contributed by atoms with Gasteiger partial charge in [-0.15, -0.1) is 0 Å². The molecular formula is C21H38O3. The number of ether oxygens (including phenoxy) is 1. The van der Waals surface area contributed by atoms with Crippen molar-refractivity contribution in [2.75, 3.05) is 0 Å². The van der Waals surface area contributed by atoms with Gasteiger partial charge in [-0.3, -0.25) is 0 Å². The molecule has 0 unspecified atom stereocenters. The summed E-state index contributed by atoms with van der Waals surface area (Å²) in [7, 11) is 0. The normalized spacial score (nSPS) is 22.3. The molecule has 0 aromatic carbocycles. The van der Waals surface area contributed by atoms with Crippen LogP contribution in [0.5, 0.6) is 0 Å². The second-order valence-electron chi connectivity index (χ2n) is 7.25. The van der Waals surface area contributed by atoms with Crippen LogP contribution in [0.15, 0.2) is 11.6 Å². The van der Waals surface area contributed by atoms with Crippen molar-refractivity contribution in [3.8, 4) is 0 Å². The molecule has 140 valence electrons. The van der Waals surface area contributed by atoms with Gasteiger partial charge in [0.25, 0.3) is 0 Å². The van der Waals surface area contributed by atoms with E-state index in [0.717, 1.165) is 12.8 Å². The van der Waals surface area contributed by atoms with Crippen LogP contribution in [0.3, 0.4) is 0 Å². The molecule has 1 saturated heterocycles. The molecule has 1 fully saturated rings. The number of carbonyl (C=O) groups is 1. The van der Waals surface area contributed by atoms with Crippen LogP contribution in [0.2, 0.25) is 0 Å². The summed E-state index contributed by atoms with van der Waals surface area (Å²) in [5, 5.41) is 9.82. The first-order valence-corrected chi connectivity index (χ1v) is 10.3. The maximum absolute atomic E-state index is 11.5. The molecule has 0 bridgehead atoms. The number of esters is 1. The number of cyclic esters (lactones) is 1. The molecule has 1 heterocycles. The number of hydrogen-bond donors (Lipinski definition) is 1. The Hall–Kier alpha value is -0.830. The van der Waals surface area contributed by atoms with E-state index < -0.39 is 12.2 Å². The van der Waals surface area contributed by atoms with E-state index in [1.165, 1.54) is 77.0 Å². The Morgan fingerprint density at radius 2 is 1.33 bits per heavy atom. The second-order valence-corrected chi connectivity index (χ2v) is 7.25. The van der Waals surface area contributed by atoms with Gasteiger partial charge in [-0.25, -0.2) is 4.79 Å². The molecule has 2 atom stereocenters. The number of carbonyl (C=O) groups excluding carboxylic acids is 1. The highest BCUT2D eigenvalue weighted by molar-refractivity contribution is 5.92. The summed E-state index contributed by atoms with van der Waals surface area (Å²) in [5.74, 6) is -0.343. The first-order chi connectivity index (χ1) is 11.7. The van der Waals surface area contributed by atoms with Crippen molar-refractivity contribution in [3.63, 3.8) is 0 Å². The standard InChI is InChI=1S/C21H38O3/c1-3-4-5-6-7-8-9-10-11-12-13-14-15-16-17-19-20(22)18(2)24-21(19)23/h17-18,20,22H,3-16H2,1-2H3/b19-17+/t18-,20+/m0/s1. The molecule has 0 radical (unpaired) electrons. The van der Waals surface area contributed by atoms with E-state index in [0.29, 0.717) is 5.57 Å². The van der Waals surface area contributed by atoms with Crippen LogP contribution in [-0.4, -0.2) is 23.3 Å². The van der Waals surface area contributed by atoms with Gasteiger partial charge in [0, 0.05) is 0 Å². The summed E-state index contributed by atoms with van der Waals surface area (Å²) in [5.41, 5.74) is 0.460. The van der Waals surface area contributed by atoms with Gasteiger partial charge >= 0.3 is 5.97 Å². The van der Waals surface area contributed by atoms with Gasteiger partial charge in [0.15, 0.2) is 0 Å². The third-order valence-electron chi connectivity index (χ3n) is 4.96. The molecule has 3 heteroatoms. The van der Waals surface area contributed by atoms with Crippen LogP contribution < -0.4 is 0 Å². The summed E-state index contributed by atoms with van der Waals surface area (Å²) in [6.07, 6.45) is 19.1. The van der Waals surface area contributed by atoms with Gasteiger partial charge in [-0.05, 0) is 19.8 Å². The van der Waals surface area contributed by atoms with E-state index in [2.05, 4.69) is 6.92 Å². The minimum Gasteiger partial charge on any atom is -0.456 e. The number of rotatable bonds is 14. The molecule has 0 aromatic rings.